The van der Waals surface area contributed by atoms with Crippen LogP contribution in [0.3, 0.4) is 0 Å². The largest absolute Gasteiger partial charge is 0.492 e. The van der Waals surface area contributed by atoms with Crippen LogP contribution in [0.15, 0.2) is 36.5 Å². The number of alkyl halides is 3. The lowest BCUT2D eigenvalue weighted by molar-refractivity contribution is -0.139. The Morgan fingerprint density at radius 1 is 1.23 bits per heavy atom. The van der Waals surface area contributed by atoms with Crippen molar-refractivity contribution >= 4 is 11.8 Å². The molecule has 0 spiro atoms. The van der Waals surface area contributed by atoms with E-state index in [2.05, 4.69) is 20.9 Å². The van der Waals surface area contributed by atoms with E-state index in [4.69, 9.17) is 4.74 Å². The first-order chi connectivity index (χ1) is 16.6. The molecule has 3 N–H and O–H groups in total. The highest BCUT2D eigenvalue weighted by molar-refractivity contribution is 5.78. The zero-order valence-electron chi connectivity index (χ0n) is 19.6. The van der Waals surface area contributed by atoms with E-state index < -0.39 is 23.9 Å². The van der Waals surface area contributed by atoms with Crippen LogP contribution in [0.25, 0.3) is 0 Å². The second-order valence-corrected chi connectivity index (χ2v) is 9.39. The molecule has 1 saturated heterocycles. The Balaban J connectivity index is 1.54. The molecule has 188 valence electrons. The molecule has 2 aromatic rings. The molecule has 2 unspecified atom stereocenters. The van der Waals surface area contributed by atoms with Crippen LogP contribution in [0, 0.1) is 11.8 Å². The molecule has 1 aromatic heterocycles. The quantitative estimate of drug-likeness (QED) is 0.520. The molecule has 2 aliphatic rings. The van der Waals surface area contributed by atoms with Crippen molar-refractivity contribution in [1.29, 1.82) is 0 Å². The molecule has 7 nitrogen and oxygen atoms in total. The highest BCUT2D eigenvalue weighted by atomic mass is 19.4. The van der Waals surface area contributed by atoms with Crippen LogP contribution in [0.5, 0.6) is 5.75 Å². The first-order valence-corrected chi connectivity index (χ1v) is 11.7. The topological polar surface area (TPSA) is 92.4 Å². The van der Waals surface area contributed by atoms with Gasteiger partial charge in [0.25, 0.3) is 0 Å². The third-order valence-corrected chi connectivity index (χ3v) is 6.09. The molecule has 1 saturated carbocycles. The minimum Gasteiger partial charge on any atom is -0.492 e. The summed E-state index contributed by atoms with van der Waals surface area (Å²) in [7, 11) is 0. The number of ether oxygens (including phenoxy) is 1. The highest BCUT2D eigenvalue weighted by Gasteiger charge is 2.38. The summed E-state index contributed by atoms with van der Waals surface area (Å²) in [6, 6.07) is 6.58. The van der Waals surface area contributed by atoms with E-state index in [-0.39, 0.29) is 36.3 Å². The lowest BCUT2D eigenvalue weighted by atomic mass is 9.97. The predicted molar refractivity (Wildman–Crippen MR) is 122 cm³/mol. The summed E-state index contributed by atoms with van der Waals surface area (Å²) in [6.07, 6.45) is -1.76. The first-order valence-electron chi connectivity index (χ1n) is 11.7. The summed E-state index contributed by atoms with van der Waals surface area (Å²) in [5.41, 5.74) is 0.0656. The Bertz CT molecular complexity index is 1070. The average molecular weight is 491 g/mol. The van der Waals surface area contributed by atoms with Gasteiger partial charge in [-0.15, -0.1) is 0 Å². The third-order valence-electron chi connectivity index (χ3n) is 6.09. The maximum atomic E-state index is 13.8. The SMILES string of the molecule is CC(C)C(=O)NCc1ccc(C(F)(F)F)c(C2NC(=O)CC(c3ccc(OCC4CC4)cn3)N2)c1. The van der Waals surface area contributed by atoms with Crippen LogP contribution in [0.2, 0.25) is 0 Å². The summed E-state index contributed by atoms with van der Waals surface area (Å²) < 4.78 is 47.1. The predicted octanol–water partition coefficient (Wildman–Crippen LogP) is 4.01. The molecule has 35 heavy (non-hydrogen) atoms. The van der Waals surface area contributed by atoms with Gasteiger partial charge in [0.15, 0.2) is 0 Å². The van der Waals surface area contributed by atoms with E-state index in [1.807, 2.05) is 0 Å². The van der Waals surface area contributed by atoms with Gasteiger partial charge in [0, 0.05) is 24.4 Å². The van der Waals surface area contributed by atoms with Gasteiger partial charge in [0.05, 0.1) is 30.1 Å². The second kappa shape index (κ2) is 10.2. The summed E-state index contributed by atoms with van der Waals surface area (Å²) in [5, 5.41) is 8.42. The summed E-state index contributed by atoms with van der Waals surface area (Å²) in [6.45, 7) is 4.18. The number of amides is 2. The van der Waals surface area contributed by atoms with Gasteiger partial charge >= 0.3 is 6.18 Å². The van der Waals surface area contributed by atoms with Gasteiger partial charge in [0.1, 0.15) is 11.9 Å². The first kappa shape index (κ1) is 25.0. The van der Waals surface area contributed by atoms with Gasteiger partial charge in [-0.05, 0) is 48.6 Å². The lowest BCUT2D eigenvalue weighted by Crippen LogP contribution is -2.47. The fourth-order valence-corrected chi connectivity index (χ4v) is 3.86. The fraction of sp³-hybridized carbons (Fsp3) is 0.480. The molecule has 0 radical (unpaired) electrons. The van der Waals surface area contributed by atoms with Crippen molar-refractivity contribution in [3.05, 3.63) is 58.9 Å². The van der Waals surface area contributed by atoms with Gasteiger partial charge < -0.3 is 15.4 Å². The molecule has 2 heterocycles. The van der Waals surface area contributed by atoms with Crippen LogP contribution >= 0.6 is 0 Å². The third kappa shape index (κ3) is 6.50. The van der Waals surface area contributed by atoms with Crippen LogP contribution < -0.4 is 20.7 Å². The highest BCUT2D eigenvalue weighted by Crippen LogP contribution is 2.37. The van der Waals surface area contributed by atoms with Crippen molar-refractivity contribution in [2.24, 2.45) is 11.8 Å². The average Bonchev–Trinajstić information content (AvgIpc) is 3.65. The van der Waals surface area contributed by atoms with Crippen LogP contribution in [-0.4, -0.2) is 23.4 Å². The van der Waals surface area contributed by atoms with E-state index in [0.29, 0.717) is 29.5 Å². The maximum Gasteiger partial charge on any atom is 0.416 e. The zero-order chi connectivity index (χ0) is 25.2. The Hall–Kier alpha value is -3.14. The minimum absolute atomic E-state index is 0.0390. The number of nitrogens with zero attached hydrogens (tertiary/aromatic N) is 1. The van der Waals surface area contributed by atoms with Gasteiger partial charge in [-0.2, -0.15) is 13.2 Å². The van der Waals surface area contributed by atoms with Crippen molar-refractivity contribution in [3.63, 3.8) is 0 Å². The van der Waals surface area contributed by atoms with Gasteiger partial charge in [0.2, 0.25) is 11.8 Å². The van der Waals surface area contributed by atoms with Crippen molar-refractivity contribution in [2.75, 3.05) is 6.61 Å². The number of carbonyl (C=O) groups is 2. The van der Waals surface area contributed by atoms with Crippen molar-refractivity contribution in [2.45, 2.75) is 58.0 Å². The molecule has 2 fully saturated rings. The number of pyridine rings is 1. The maximum absolute atomic E-state index is 13.8. The smallest absolute Gasteiger partial charge is 0.416 e. The number of halogens is 3. The van der Waals surface area contributed by atoms with E-state index in [9.17, 15) is 22.8 Å². The molecule has 2 atom stereocenters. The number of aromatic nitrogens is 1. The lowest BCUT2D eigenvalue weighted by Gasteiger charge is -2.33. The molecule has 0 bridgehead atoms. The number of hydrogen-bond acceptors (Lipinski definition) is 5. The Morgan fingerprint density at radius 3 is 2.63 bits per heavy atom. The fourth-order valence-electron chi connectivity index (χ4n) is 3.86. The summed E-state index contributed by atoms with van der Waals surface area (Å²) >= 11 is 0. The number of hydrogen-bond donors (Lipinski definition) is 3. The Morgan fingerprint density at radius 2 is 2.00 bits per heavy atom. The number of rotatable bonds is 8. The van der Waals surface area contributed by atoms with E-state index in [1.165, 1.54) is 25.0 Å². The van der Waals surface area contributed by atoms with Crippen molar-refractivity contribution < 1.29 is 27.5 Å². The number of nitrogens with one attached hydrogen (secondary N) is 3. The molecular formula is C25H29F3N4O3. The van der Waals surface area contributed by atoms with E-state index >= 15 is 0 Å². The molecule has 1 aliphatic carbocycles. The number of carbonyl (C=O) groups excluding carboxylic acids is 2. The summed E-state index contributed by atoms with van der Waals surface area (Å²) in [4.78, 5) is 28.8. The molecule has 1 aliphatic heterocycles. The normalized spacial score (nSPS) is 20.5. The standard InChI is InChI=1S/C25H29F3N4O3/c1-14(2)24(34)30-11-16-5-7-19(25(26,27)28)18(9-16)23-31-21(10-22(33)32-23)20-8-6-17(12-29-20)35-13-15-3-4-15/h5-9,12,14-15,21,23,31H,3-4,10-11,13H2,1-2H3,(H,30,34)(H,32,33). The van der Waals surface area contributed by atoms with Crippen LogP contribution in [0.4, 0.5) is 13.2 Å². The Kier molecular flexibility index (Phi) is 7.30. The van der Waals surface area contributed by atoms with E-state index in [1.54, 1.807) is 32.2 Å². The van der Waals surface area contributed by atoms with Gasteiger partial charge in [-0.25, -0.2) is 0 Å². The van der Waals surface area contributed by atoms with Crippen molar-refractivity contribution in [3.8, 4) is 5.75 Å². The van der Waals surface area contributed by atoms with Gasteiger partial charge in [-0.3, -0.25) is 19.9 Å². The van der Waals surface area contributed by atoms with E-state index in [0.717, 1.165) is 6.07 Å². The molecule has 4 rings (SSSR count). The molecular weight excluding hydrogens is 461 g/mol. The molecule has 1 aromatic carbocycles. The molecule has 2 amide bonds. The second-order valence-electron chi connectivity index (χ2n) is 9.39. The number of benzene rings is 1. The summed E-state index contributed by atoms with van der Waals surface area (Å²) in [5.74, 6) is 0.374. The van der Waals surface area contributed by atoms with Crippen molar-refractivity contribution in [1.82, 2.24) is 20.9 Å². The van der Waals surface area contributed by atoms with Crippen LogP contribution in [-0.2, 0) is 22.3 Å². The molecule has 10 heteroatoms. The zero-order valence-corrected chi connectivity index (χ0v) is 19.6. The van der Waals surface area contributed by atoms with Crippen LogP contribution in [0.1, 0.15) is 67.7 Å². The Labute approximate surface area is 201 Å². The monoisotopic (exact) mass is 490 g/mol. The minimum atomic E-state index is -4.62. The van der Waals surface area contributed by atoms with Gasteiger partial charge in [-0.1, -0.05) is 19.9 Å².